The second-order valence-electron chi connectivity index (χ2n) is 5.59. The van der Waals surface area contributed by atoms with Crippen molar-refractivity contribution in [2.24, 2.45) is 10.2 Å². The Morgan fingerprint density at radius 2 is 1.82 bits per heavy atom. The van der Waals surface area contributed by atoms with Crippen molar-refractivity contribution in [2.45, 2.75) is 0 Å². The number of hydrogen-bond acceptors (Lipinski definition) is 5. The molecule has 0 unspecified atom stereocenters. The molecule has 0 aliphatic carbocycles. The molecule has 0 saturated carbocycles. The zero-order valence-electron chi connectivity index (χ0n) is 13.9. The second kappa shape index (κ2) is 7.24. The van der Waals surface area contributed by atoms with Gasteiger partial charge in [0.25, 0.3) is 5.56 Å². The molecule has 4 rings (SSSR count). The van der Waals surface area contributed by atoms with Gasteiger partial charge in [-0.1, -0.05) is 11.3 Å². The van der Waals surface area contributed by atoms with E-state index in [2.05, 4.69) is 20.2 Å². The van der Waals surface area contributed by atoms with Crippen molar-refractivity contribution in [3.63, 3.8) is 0 Å². The molecule has 0 bridgehead atoms. The maximum absolute atomic E-state index is 13.7. The van der Waals surface area contributed by atoms with Crippen LogP contribution in [0.15, 0.2) is 63.8 Å². The molecule has 2 aromatic heterocycles. The minimum absolute atomic E-state index is 0.0514. The summed E-state index contributed by atoms with van der Waals surface area (Å²) in [5.74, 6) is -1.90. The number of thiazole rings is 1. The summed E-state index contributed by atoms with van der Waals surface area (Å²) < 4.78 is 41.8. The maximum atomic E-state index is 13.7. The normalized spacial score (nSPS) is 12.3. The average Bonchev–Trinajstić information content (AvgIpc) is 3.04. The van der Waals surface area contributed by atoms with E-state index in [1.807, 2.05) is 0 Å². The average molecular weight is 401 g/mol. The van der Waals surface area contributed by atoms with Crippen molar-refractivity contribution in [1.82, 2.24) is 14.5 Å². The Bertz CT molecular complexity index is 1320. The molecule has 2 aromatic carbocycles. The van der Waals surface area contributed by atoms with Gasteiger partial charge in [0, 0.05) is 11.6 Å². The second-order valence-corrected chi connectivity index (χ2v) is 6.57. The molecule has 1 N–H and O–H groups in total. The van der Waals surface area contributed by atoms with Gasteiger partial charge in [-0.05, 0) is 36.4 Å². The number of hydrogen-bond donors (Lipinski definition) is 1. The Hall–Kier alpha value is -3.53. The fraction of sp³-hybridized carbons (Fsp3) is 0. The molecule has 0 atom stereocenters. The smallest absolute Gasteiger partial charge is 0.270 e. The molecule has 28 heavy (non-hydrogen) atoms. The van der Waals surface area contributed by atoms with Gasteiger partial charge >= 0.3 is 0 Å². The van der Waals surface area contributed by atoms with Gasteiger partial charge in [0.15, 0.2) is 5.65 Å². The fourth-order valence-corrected chi connectivity index (χ4v) is 3.43. The predicted octanol–water partition coefficient (Wildman–Crippen LogP) is 3.13. The summed E-state index contributed by atoms with van der Waals surface area (Å²) in [5.41, 5.74) is 0.534. The van der Waals surface area contributed by atoms with E-state index in [9.17, 15) is 18.0 Å². The standard InChI is InChI=1S/C18H10F3N5OS/c19-11-3-5-13(6-4-11)26-16-15(17(27)23-9-22-16)28-18(26)25-24-8-10-1-2-12(20)7-14(10)21/h1-9H,(H,22,23,27)/b24-8+,25-18-. The van der Waals surface area contributed by atoms with Crippen LogP contribution < -0.4 is 10.4 Å². The molecule has 6 nitrogen and oxygen atoms in total. The highest BCUT2D eigenvalue weighted by molar-refractivity contribution is 7.16. The topological polar surface area (TPSA) is 75.4 Å². The first-order valence-electron chi connectivity index (χ1n) is 7.90. The number of halogens is 3. The predicted molar refractivity (Wildman–Crippen MR) is 99.0 cm³/mol. The van der Waals surface area contributed by atoms with E-state index in [1.54, 1.807) is 0 Å². The number of aromatic amines is 1. The molecule has 0 fully saturated rings. The van der Waals surface area contributed by atoms with E-state index in [0.29, 0.717) is 16.0 Å². The highest BCUT2D eigenvalue weighted by Gasteiger charge is 2.12. The van der Waals surface area contributed by atoms with E-state index >= 15 is 0 Å². The minimum atomic E-state index is -0.778. The van der Waals surface area contributed by atoms with Crippen LogP contribution in [-0.4, -0.2) is 20.7 Å². The van der Waals surface area contributed by atoms with E-state index < -0.39 is 17.5 Å². The highest BCUT2D eigenvalue weighted by Crippen LogP contribution is 2.16. The molecular weight excluding hydrogens is 391 g/mol. The summed E-state index contributed by atoms with van der Waals surface area (Å²) in [7, 11) is 0. The first kappa shape index (κ1) is 17.9. The molecule has 0 amide bonds. The number of rotatable bonds is 3. The van der Waals surface area contributed by atoms with Crippen LogP contribution in [0.4, 0.5) is 13.2 Å². The Morgan fingerprint density at radius 3 is 2.57 bits per heavy atom. The van der Waals surface area contributed by atoms with Gasteiger partial charge < -0.3 is 4.98 Å². The number of nitrogens with one attached hydrogen (secondary N) is 1. The zero-order chi connectivity index (χ0) is 19.7. The summed E-state index contributed by atoms with van der Waals surface area (Å²) in [4.78, 5) is 19.0. The van der Waals surface area contributed by atoms with Gasteiger partial charge in [-0.25, -0.2) is 18.2 Å². The lowest BCUT2D eigenvalue weighted by Crippen LogP contribution is -2.13. The summed E-state index contributed by atoms with van der Waals surface area (Å²) >= 11 is 1.02. The van der Waals surface area contributed by atoms with E-state index in [0.717, 1.165) is 29.7 Å². The molecule has 0 spiro atoms. The Balaban J connectivity index is 1.88. The van der Waals surface area contributed by atoms with Crippen molar-refractivity contribution in [3.05, 3.63) is 87.0 Å². The number of benzene rings is 2. The molecule has 10 heteroatoms. The third-order valence-corrected chi connectivity index (χ3v) is 4.79. The van der Waals surface area contributed by atoms with Crippen molar-refractivity contribution >= 4 is 27.9 Å². The van der Waals surface area contributed by atoms with E-state index in [-0.39, 0.29) is 15.9 Å². The Kier molecular flexibility index (Phi) is 4.62. The number of fused-ring (bicyclic) bond motifs is 1. The van der Waals surface area contributed by atoms with Crippen LogP contribution in [0.2, 0.25) is 0 Å². The minimum Gasteiger partial charge on any atom is -0.312 e. The van der Waals surface area contributed by atoms with Crippen LogP contribution in [0.25, 0.3) is 16.0 Å². The van der Waals surface area contributed by atoms with Gasteiger partial charge in [0.2, 0.25) is 4.80 Å². The third kappa shape index (κ3) is 3.37. The number of H-pyrrole nitrogens is 1. The first-order chi connectivity index (χ1) is 13.5. The third-order valence-electron chi connectivity index (χ3n) is 3.78. The Morgan fingerprint density at radius 1 is 1.07 bits per heavy atom. The van der Waals surface area contributed by atoms with Crippen LogP contribution in [0.1, 0.15) is 5.56 Å². The van der Waals surface area contributed by atoms with Gasteiger partial charge in [0.1, 0.15) is 22.2 Å². The van der Waals surface area contributed by atoms with Crippen molar-refractivity contribution in [3.8, 4) is 5.69 Å². The van der Waals surface area contributed by atoms with Crippen molar-refractivity contribution in [2.75, 3.05) is 0 Å². The molecule has 0 aliphatic heterocycles. The maximum Gasteiger partial charge on any atom is 0.270 e. The number of nitrogens with zero attached hydrogens (tertiary/aromatic N) is 4. The van der Waals surface area contributed by atoms with Crippen LogP contribution in [-0.2, 0) is 0 Å². The molecular formula is C18H10F3N5OS. The first-order valence-corrected chi connectivity index (χ1v) is 8.72. The van der Waals surface area contributed by atoms with Gasteiger partial charge in [-0.2, -0.15) is 5.10 Å². The SMILES string of the molecule is O=c1[nH]cnc2c1s/c(=N\N=C\c1ccc(F)cc1F)n2-c1ccc(F)cc1. The fourth-order valence-electron chi connectivity index (χ4n) is 2.49. The van der Waals surface area contributed by atoms with Crippen molar-refractivity contribution < 1.29 is 13.2 Å². The van der Waals surface area contributed by atoms with E-state index in [4.69, 9.17) is 0 Å². The lowest BCUT2D eigenvalue weighted by Gasteiger charge is -2.03. The molecule has 0 aliphatic rings. The molecule has 4 aromatic rings. The monoisotopic (exact) mass is 401 g/mol. The lowest BCUT2D eigenvalue weighted by atomic mass is 10.2. The highest BCUT2D eigenvalue weighted by atomic mass is 32.1. The number of aromatic nitrogens is 3. The largest absolute Gasteiger partial charge is 0.312 e. The van der Waals surface area contributed by atoms with Crippen LogP contribution in [0.5, 0.6) is 0 Å². The van der Waals surface area contributed by atoms with Gasteiger partial charge in [0.05, 0.1) is 18.2 Å². The Labute approximate surface area is 159 Å². The van der Waals surface area contributed by atoms with E-state index in [1.165, 1.54) is 41.2 Å². The molecule has 0 saturated heterocycles. The van der Waals surface area contributed by atoms with Gasteiger partial charge in [-0.15, -0.1) is 5.10 Å². The molecule has 0 radical (unpaired) electrons. The molecule has 2 heterocycles. The van der Waals surface area contributed by atoms with Crippen LogP contribution in [0, 0.1) is 17.5 Å². The summed E-state index contributed by atoms with van der Waals surface area (Å²) in [6.07, 6.45) is 2.38. The van der Waals surface area contributed by atoms with Crippen LogP contribution >= 0.6 is 11.3 Å². The van der Waals surface area contributed by atoms with Gasteiger partial charge in [-0.3, -0.25) is 9.36 Å². The van der Waals surface area contributed by atoms with Crippen LogP contribution in [0.3, 0.4) is 0 Å². The van der Waals surface area contributed by atoms with Crippen molar-refractivity contribution in [1.29, 1.82) is 0 Å². The zero-order valence-corrected chi connectivity index (χ0v) is 14.8. The quantitative estimate of drug-likeness (QED) is 0.423. The summed E-state index contributed by atoms with van der Waals surface area (Å²) in [6, 6.07) is 8.61. The molecule has 140 valence electrons. The summed E-state index contributed by atoms with van der Waals surface area (Å²) in [6.45, 7) is 0. The lowest BCUT2D eigenvalue weighted by molar-refractivity contribution is 0.582. The summed E-state index contributed by atoms with van der Waals surface area (Å²) in [5, 5.41) is 7.89.